The van der Waals surface area contributed by atoms with Gasteiger partial charge in [0.25, 0.3) is 5.56 Å². The molecule has 0 unspecified atom stereocenters. The van der Waals surface area contributed by atoms with E-state index in [2.05, 4.69) is 26.1 Å². The van der Waals surface area contributed by atoms with E-state index in [1.807, 2.05) is 26.0 Å². The summed E-state index contributed by atoms with van der Waals surface area (Å²) in [6, 6.07) is 11.5. The first-order valence-corrected chi connectivity index (χ1v) is 18.0. The first kappa shape index (κ1) is 30.6. The second kappa shape index (κ2) is 12.1. The van der Waals surface area contributed by atoms with Crippen LogP contribution in [0, 0.1) is 13.8 Å². The second-order valence-corrected chi connectivity index (χ2v) is 15.6. The third kappa shape index (κ3) is 6.21. The lowest BCUT2D eigenvalue weighted by Crippen LogP contribution is -2.38. The van der Waals surface area contributed by atoms with E-state index in [0.29, 0.717) is 30.9 Å². The molecule has 12 nitrogen and oxygen atoms in total. The highest BCUT2D eigenvalue weighted by Crippen LogP contribution is 2.30. The van der Waals surface area contributed by atoms with E-state index in [0.717, 1.165) is 48.8 Å². The summed E-state index contributed by atoms with van der Waals surface area (Å²) < 4.78 is 58.4. The first-order chi connectivity index (χ1) is 21.0. The van der Waals surface area contributed by atoms with Crippen molar-refractivity contribution in [3.8, 4) is 0 Å². The van der Waals surface area contributed by atoms with Crippen molar-refractivity contribution in [3.63, 3.8) is 0 Å². The molecule has 2 aromatic carbocycles. The number of rotatable bonds is 8. The molecule has 0 radical (unpaired) electrons. The molecular weight excluding hydrogens is 603 g/mol. The lowest BCUT2D eigenvalue weighted by Gasteiger charge is -2.30. The van der Waals surface area contributed by atoms with Crippen LogP contribution in [0.4, 0.5) is 0 Å². The highest BCUT2D eigenvalue weighted by atomic mass is 32.2. The van der Waals surface area contributed by atoms with Crippen molar-refractivity contribution in [1.82, 2.24) is 34.0 Å². The van der Waals surface area contributed by atoms with E-state index in [4.69, 9.17) is 4.98 Å². The van der Waals surface area contributed by atoms with E-state index >= 15 is 0 Å². The summed E-state index contributed by atoms with van der Waals surface area (Å²) in [6.45, 7) is 4.93. The minimum Gasteiger partial charge on any atom is -0.308 e. The molecule has 1 saturated heterocycles. The molecule has 0 spiro atoms. The number of piperidine rings is 1. The van der Waals surface area contributed by atoms with Crippen molar-refractivity contribution in [2.45, 2.75) is 87.1 Å². The number of benzene rings is 2. The van der Waals surface area contributed by atoms with Crippen LogP contribution in [0.5, 0.6) is 0 Å². The Balaban J connectivity index is 1.15. The quantitative estimate of drug-likeness (QED) is 0.297. The van der Waals surface area contributed by atoms with Crippen LogP contribution in [0.3, 0.4) is 0 Å². The summed E-state index contributed by atoms with van der Waals surface area (Å²) in [6.07, 6.45) is 5.66. The maximum Gasteiger partial charge on any atom is 0.281 e. The Morgan fingerprint density at radius 1 is 0.909 bits per heavy atom. The van der Waals surface area contributed by atoms with Gasteiger partial charge in [-0.3, -0.25) is 4.79 Å². The van der Waals surface area contributed by atoms with Gasteiger partial charge in [0.2, 0.25) is 20.0 Å². The molecule has 0 atom stereocenters. The third-order valence-electron chi connectivity index (χ3n) is 8.76. The van der Waals surface area contributed by atoms with Gasteiger partial charge in [-0.15, -0.1) is 5.10 Å². The lowest BCUT2D eigenvalue weighted by molar-refractivity contribution is 0.313. The predicted molar refractivity (Wildman–Crippen MR) is 165 cm³/mol. The molecule has 2 aromatic heterocycles. The standard InChI is InChI=1S/C30H37N7O5S2/c1-20-8-9-21(2)23(18-20)19-37-29-27(33-35-37)30(38)32-28(31-29)22-14-16-36(17-15-22)44(41,42)26-12-10-25(11-13-26)43(39,40)34-24-6-4-3-5-7-24/h8-13,18,22,24,34H,3-7,14-17,19H2,1-2H3,(H,31,32,38). The number of H-pyrrole nitrogens is 1. The summed E-state index contributed by atoms with van der Waals surface area (Å²) in [5, 5.41) is 8.25. The highest BCUT2D eigenvalue weighted by molar-refractivity contribution is 7.89. The Morgan fingerprint density at radius 3 is 2.30 bits per heavy atom. The number of hydrogen-bond donors (Lipinski definition) is 2. The molecule has 1 aliphatic carbocycles. The van der Waals surface area contributed by atoms with Gasteiger partial charge in [-0.25, -0.2) is 31.2 Å². The van der Waals surface area contributed by atoms with Crippen molar-refractivity contribution in [2.75, 3.05) is 13.1 Å². The zero-order valence-corrected chi connectivity index (χ0v) is 26.5. The summed E-state index contributed by atoms with van der Waals surface area (Å²) in [5.74, 6) is 0.338. The van der Waals surface area contributed by atoms with Gasteiger partial charge >= 0.3 is 0 Å². The fourth-order valence-electron chi connectivity index (χ4n) is 6.13. The Labute approximate surface area is 257 Å². The average Bonchev–Trinajstić information content (AvgIpc) is 3.42. The van der Waals surface area contributed by atoms with Crippen LogP contribution in [0.1, 0.15) is 73.4 Å². The molecule has 0 bridgehead atoms. The van der Waals surface area contributed by atoms with Crippen molar-refractivity contribution in [3.05, 3.63) is 75.3 Å². The minimum atomic E-state index is -3.84. The molecule has 0 amide bonds. The van der Waals surface area contributed by atoms with Gasteiger partial charge < -0.3 is 4.98 Å². The monoisotopic (exact) mass is 639 g/mol. The summed E-state index contributed by atoms with van der Waals surface area (Å²) >= 11 is 0. The van der Waals surface area contributed by atoms with E-state index in [-0.39, 0.29) is 45.9 Å². The lowest BCUT2D eigenvalue weighted by atomic mass is 9.96. The molecule has 2 N–H and O–H groups in total. The van der Waals surface area contributed by atoms with Gasteiger partial charge in [0, 0.05) is 25.0 Å². The summed E-state index contributed by atoms with van der Waals surface area (Å²) in [7, 11) is -7.57. The van der Waals surface area contributed by atoms with Crippen LogP contribution < -0.4 is 10.3 Å². The van der Waals surface area contributed by atoms with Crippen LogP contribution in [-0.2, 0) is 26.6 Å². The molecule has 6 rings (SSSR count). The molecule has 2 aliphatic rings. The number of aromatic nitrogens is 5. The fourth-order valence-corrected chi connectivity index (χ4v) is 8.91. The van der Waals surface area contributed by atoms with Gasteiger partial charge in [-0.05, 0) is 74.9 Å². The zero-order valence-electron chi connectivity index (χ0n) is 24.9. The van der Waals surface area contributed by atoms with E-state index in [1.165, 1.54) is 28.6 Å². The normalized spacial score (nSPS) is 17.8. The number of aromatic amines is 1. The van der Waals surface area contributed by atoms with Crippen molar-refractivity contribution in [1.29, 1.82) is 0 Å². The van der Waals surface area contributed by atoms with Gasteiger partial charge in [-0.2, -0.15) is 4.31 Å². The molecule has 4 aromatic rings. The maximum absolute atomic E-state index is 13.4. The molecule has 234 valence electrons. The maximum atomic E-state index is 13.4. The van der Waals surface area contributed by atoms with Crippen LogP contribution >= 0.6 is 0 Å². The van der Waals surface area contributed by atoms with Crippen LogP contribution in [0.25, 0.3) is 11.2 Å². The Kier molecular flexibility index (Phi) is 8.44. The van der Waals surface area contributed by atoms with Gasteiger partial charge in [-0.1, -0.05) is 48.2 Å². The Bertz CT molecular complexity index is 1940. The summed E-state index contributed by atoms with van der Waals surface area (Å²) in [5.41, 5.74) is 3.47. The molecular formula is C30H37N7O5S2. The Hall–Kier alpha value is -3.46. The first-order valence-electron chi connectivity index (χ1n) is 15.0. The zero-order chi connectivity index (χ0) is 31.1. The molecule has 3 heterocycles. The van der Waals surface area contributed by atoms with Crippen LogP contribution in [0.2, 0.25) is 0 Å². The fraction of sp³-hybridized carbons (Fsp3) is 0.467. The van der Waals surface area contributed by atoms with Gasteiger partial charge in [0.1, 0.15) is 5.82 Å². The topological polar surface area (TPSA) is 160 Å². The van der Waals surface area contributed by atoms with Crippen molar-refractivity contribution >= 4 is 31.2 Å². The third-order valence-corrected chi connectivity index (χ3v) is 12.2. The molecule has 44 heavy (non-hydrogen) atoms. The largest absolute Gasteiger partial charge is 0.308 e. The number of nitrogens with zero attached hydrogens (tertiary/aromatic N) is 5. The molecule has 1 aliphatic heterocycles. The smallest absolute Gasteiger partial charge is 0.281 e. The number of fused-ring (bicyclic) bond motifs is 1. The number of aryl methyl sites for hydroxylation is 2. The van der Waals surface area contributed by atoms with Crippen LogP contribution in [-0.4, -0.2) is 65.2 Å². The average molecular weight is 640 g/mol. The van der Waals surface area contributed by atoms with Crippen molar-refractivity contribution < 1.29 is 16.8 Å². The van der Waals surface area contributed by atoms with Crippen molar-refractivity contribution in [2.24, 2.45) is 0 Å². The second-order valence-electron chi connectivity index (χ2n) is 11.9. The van der Waals surface area contributed by atoms with E-state index in [1.54, 1.807) is 4.68 Å². The number of hydrogen-bond acceptors (Lipinski definition) is 8. The number of sulfonamides is 2. The number of nitrogens with one attached hydrogen (secondary N) is 2. The van der Waals surface area contributed by atoms with Gasteiger partial charge in [0.15, 0.2) is 11.2 Å². The van der Waals surface area contributed by atoms with Crippen LogP contribution in [0.15, 0.2) is 57.1 Å². The predicted octanol–water partition coefficient (Wildman–Crippen LogP) is 3.36. The van der Waals surface area contributed by atoms with E-state index in [9.17, 15) is 21.6 Å². The Morgan fingerprint density at radius 2 is 1.59 bits per heavy atom. The molecule has 2 fully saturated rings. The SMILES string of the molecule is Cc1ccc(C)c(Cn2nnc3c(=O)[nH]c(C4CCN(S(=O)(=O)c5ccc(S(=O)(=O)NC6CCCCC6)cc5)CC4)nc32)c1. The molecule has 14 heteroatoms. The minimum absolute atomic E-state index is 0.0435. The highest BCUT2D eigenvalue weighted by Gasteiger charge is 2.32. The van der Waals surface area contributed by atoms with Gasteiger partial charge in [0.05, 0.1) is 16.3 Å². The molecule has 1 saturated carbocycles. The van der Waals surface area contributed by atoms with E-state index < -0.39 is 20.0 Å². The summed E-state index contributed by atoms with van der Waals surface area (Å²) in [4.78, 5) is 20.6.